The van der Waals surface area contributed by atoms with E-state index in [4.69, 9.17) is 16.3 Å². The molecule has 0 aromatic heterocycles. The average Bonchev–Trinajstić information content (AvgIpc) is 2.28. The molecule has 2 N–H and O–H groups in total. The Hall–Kier alpha value is -1.42. The Morgan fingerprint density at radius 1 is 1.29 bits per heavy atom. The molecule has 116 valence electrons. The standard InChI is InChI=1S/C16H23ClN2O2/c1-10-5-6-13(17)14(7-10)18-11-8-12(9-11)19-15(20)21-16(2,3)4/h5-7,11-12,18H,8-9H2,1-4H3,(H,19,20). The monoisotopic (exact) mass is 310 g/mol. The first-order valence-electron chi connectivity index (χ1n) is 7.25. The van der Waals surface area contributed by atoms with Gasteiger partial charge in [-0.1, -0.05) is 17.7 Å². The zero-order chi connectivity index (χ0) is 15.6. The lowest BCUT2D eigenvalue weighted by Crippen LogP contribution is -2.50. The maximum atomic E-state index is 11.7. The van der Waals surface area contributed by atoms with E-state index in [1.54, 1.807) is 0 Å². The van der Waals surface area contributed by atoms with E-state index in [9.17, 15) is 4.79 Å². The molecule has 0 atom stereocenters. The van der Waals surface area contributed by atoms with Gasteiger partial charge in [0.15, 0.2) is 0 Å². The minimum atomic E-state index is -0.458. The van der Waals surface area contributed by atoms with E-state index in [-0.39, 0.29) is 12.1 Å². The Bertz CT molecular complexity index is 519. The van der Waals surface area contributed by atoms with Crippen LogP contribution in [0.25, 0.3) is 0 Å². The van der Waals surface area contributed by atoms with E-state index in [1.165, 1.54) is 5.56 Å². The number of hydrogen-bond acceptors (Lipinski definition) is 3. The third-order valence-electron chi connectivity index (χ3n) is 3.34. The van der Waals surface area contributed by atoms with Crippen molar-refractivity contribution in [3.63, 3.8) is 0 Å². The first-order chi connectivity index (χ1) is 9.73. The number of rotatable bonds is 3. The second-order valence-electron chi connectivity index (χ2n) is 6.64. The van der Waals surface area contributed by atoms with Crippen LogP contribution >= 0.6 is 11.6 Å². The van der Waals surface area contributed by atoms with Crippen molar-refractivity contribution in [3.8, 4) is 0 Å². The van der Waals surface area contributed by atoms with Crippen LogP contribution in [0.2, 0.25) is 5.02 Å². The number of ether oxygens (including phenoxy) is 1. The van der Waals surface area contributed by atoms with Gasteiger partial charge in [0, 0.05) is 12.1 Å². The molecule has 1 aromatic rings. The zero-order valence-electron chi connectivity index (χ0n) is 13.0. The van der Waals surface area contributed by atoms with E-state index in [0.29, 0.717) is 6.04 Å². The van der Waals surface area contributed by atoms with E-state index >= 15 is 0 Å². The van der Waals surface area contributed by atoms with Crippen LogP contribution in [-0.2, 0) is 4.74 Å². The smallest absolute Gasteiger partial charge is 0.407 e. The molecule has 0 saturated heterocycles. The van der Waals surface area contributed by atoms with E-state index in [1.807, 2.05) is 45.9 Å². The molecule has 5 heteroatoms. The van der Waals surface area contributed by atoms with Crippen LogP contribution in [0, 0.1) is 6.92 Å². The fourth-order valence-corrected chi connectivity index (χ4v) is 2.47. The van der Waals surface area contributed by atoms with Gasteiger partial charge in [0.1, 0.15) is 5.60 Å². The van der Waals surface area contributed by atoms with Crippen molar-refractivity contribution in [1.82, 2.24) is 5.32 Å². The summed E-state index contributed by atoms with van der Waals surface area (Å²) in [6, 6.07) is 6.43. The molecule has 1 fully saturated rings. The molecule has 0 heterocycles. The molecule has 21 heavy (non-hydrogen) atoms. The number of hydrogen-bond donors (Lipinski definition) is 2. The Kier molecular flexibility index (Phi) is 4.67. The van der Waals surface area contributed by atoms with Crippen molar-refractivity contribution in [2.75, 3.05) is 5.32 Å². The Morgan fingerprint density at radius 3 is 2.57 bits per heavy atom. The number of alkyl carbamates (subject to hydrolysis) is 1. The molecule has 0 spiro atoms. The fourth-order valence-electron chi connectivity index (χ4n) is 2.30. The van der Waals surface area contributed by atoms with Crippen LogP contribution in [-0.4, -0.2) is 23.8 Å². The summed E-state index contributed by atoms with van der Waals surface area (Å²) in [5.74, 6) is 0. The highest BCUT2D eigenvalue weighted by molar-refractivity contribution is 6.33. The summed E-state index contributed by atoms with van der Waals surface area (Å²) >= 11 is 6.16. The molecular weight excluding hydrogens is 288 g/mol. The fraction of sp³-hybridized carbons (Fsp3) is 0.562. The Labute approximate surface area is 131 Å². The molecule has 1 saturated carbocycles. The summed E-state index contributed by atoms with van der Waals surface area (Å²) in [6.45, 7) is 7.61. The first-order valence-corrected chi connectivity index (χ1v) is 7.63. The van der Waals surface area contributed by atoms with E-state index in [2.05, 4.69) is 10.6 Å². The predicted octanol–water partition coefficient (Wildman–Crippen LogP) is 4.12. The number of carbonyl (C=O) groups is 1. The number of carbonyl (C=O) groups excluding carboxylic acids is 1. The summed E-state index contributed by atoms with van der Waals surface area (Å²) in [7, 11) is 0. The van der Waals surface area contributed by atoms with Gasteiger partial charge >= 0.3 is 6.09 Å². The first kappa shape index (κ1) is 16.0. The molecule has 2 rings (SSSR count). The molecule has 1 aliphatic carbocycles. The van der Waals surface area contributed by atoms with Gasteiger partial charge in [-0.15, -0.1) is 0 Å². The number of anilines is 1. The minimum absolute atomic E-state index is 0.168. The van der Waals surface area contributed by atoms with Crippen molar-refractivity contribution >= 4 is 23.4 Å². The van der Waals surface area contributed by atoms with Gasteiger partial charge in [-0.2, -0.15) is 0 Å². The SMILES string of the molecule is Cc1ccc(Cl)c(NC2CC(NC(=O)OC(C)(C)C)C2)c1. The largest absolute Gasteiger partial charge is 0.444 e. The van der Waals surface area contributed by atoms with Gasteiger partial charge in [0.05, 0.1) is 10.7 Å². The third-order valence-corrected chi connectivity index (χ3v) is 3.67. The number of benzene rings is 1. The molecule has 0 bridgehead atoms. The minimum Gasteiger partial charge on any atom is -0.444 e. The highest BCUT2D eigenvalue weighted by Gasteiger charge is 2.31. The highest BCUT2D eigenvalue weighted by atomic mass is 35.5. The molecule has 1 aliphatic rings. The van der Waals surface area contributed by atoms with Crippen LogP contribution in [0.15, 0.2) is 18.2 Å². The lowest BCUT2D eigenvalue weighted by atomic mass is 9.86. The number of aryl methyl sites for hydroxylation is 1. The van der Waals surface area contributed by atoms with Crippen molar-refractivity contribution in [1.29, 1.82) is 0 Å². The molecule has 0 radical (unpaired) electrons. The lowest BCUT2D eigenvalue weighted by Gasteiger charge is -2.37. The van der Waals surface area contributed by atoms with Gasteiger partial charge in [0.2, 0.25) is 0 Å². The van der Waals surface area contributed by atoms with Crippen LogP contribution in [0.1, 0.15) is 39.2 Å². The summed E-state index contributed by atoms with van der Waals surface area (Å²) in [4.78, 5) is 11.7. The van der Waals surface area contributed by atoms with Gasteiger partial charge < -0.3 is 15.4 Å². The summed E-state index contributed by atoms with van der Waals surface area (Å²) in [5, 5.41) is 7.02. The molecule has 1 amide bonds. The normalized spacial score (nSPS) is 21.4. The second kappa shape index (κ2) is 6.14. The molecule has 0 aliphatic heterocycles. The van der Waals surface area contributed by atoms with Gasteiger partial charge in [-0.05, 0) is 58.2 Å². The number of amides is 1. The van der Waals surface area contributed by atoms with Crippen molar-refractivity contribution < 1.29 is 9.53 Å². The zero-order valence-corrected chi connectivity index (χ0v) is 13.8. The van der Waals surface area contributed by atoms with Crippen LogP contribution < -0.4 is 10.6 Å². The second-order valence-corrected chi connectivity index (χ2v) is 7.05. The maximum Gasteiger partial charge on any atom is 0.407 e. The quantitative estimate of drug-likeness (QED) is 0.883. The van der Waals surface area contributed by atoms with Crippen molar-refractivity contribution in [2.45, 2.75) is 58.2 Å². The number of halogens is 1. The number of nitrogens with one attached hydrogen (secondary N) is 2. The van der Waals surface area contributed by atoms with E-state index < -0.39 is 5.60 Å². The maximum absolute atomic E-state index is 11.7. The Morgan fingerprint density at radius 2 is 1.95 bits per heavy atom. The highest BCUT2D eigenvalue weighted by Crippen LogP contribution is 2.29. The van der Waals surface area contributed by atoms with Gasteiger partial charge in [-0.3, -0.25) is 0 Å². The third kappa shape index (κ3) is 4.81. The topological polar surface area (TPSA) is 50.4 Å². The van der Waals surface area contributed by atoms with E-state index in [0.717, 1.165) is 23.6 Å². The van der Waals surface area contributed by atoms with Crippen LogP contribution in [0.3, 0.4) is 0 Å². The predicted molar refractivity (Wildman–Crippen MR) is 86.0 cm³/mol. The Balaban J connectivity index is 1.77. The average molecular weight is 311 g/mol. The summed E-state index contributed by atoms with van der Waals surface area (Å²) in [6.07, 6.45) is 1.41. The summed E-state index contributed by atoms with van der Waals surface area (Å²) < 4.78 is 5.24. The molecule has 0 unspecified atom stereocenters. The van der Waals surface area contributed by atoms with Crippen LogP contribution in [0.4, 0.5) is 10.5 Å². The molecule has 1 aromatic carbocycles. The van der Waals surface area contributed by atoms with Gasteiger partial charge in [0.25, 0.3) is 0 Å². The van der Waals surface area contributed by atoms with Crippen molar-refractivity contribution in [3.05, 3.63) is 28.8 Å². The van der Waals surface area contributed by atoms with Gasteiger partial charge in [-0.25, -0.2) is 4.79 Å². The van der Waals surface area contributed by atoms with Crippen LogP contribution in [0.5, 0.6) is 0 Å². The molecular formula is C16H23ClN2O2. The lowest BCUT2D eigenvalue weighted by molar-refractivity contribution is 0.0475. The summed E-state index contributed by atoms with van der Waals surface area (Å²) in [5.41, 5.74) is 1.67. The van der Waals surface area contributed by atoms with Crippen molar-refractivity contribution in [2.24, 2.45) is 0 Å². The molecule has 4 nitrogen and oxygen atoms in total.